The van der Waals surface area contributed by atoms with Crippen molar-refractivity contribution < 1.29 is 14.3 Å². The molecule has 126 valence electrons. The van der Waals surface area contributed by atoms with Crippen molar-refractivity contribution in [3.8, 4) is 0 Å². The topological polar surface area (TPSA) is 40.5 Å². The Hall–Kier alpha value is -1.91. The molecular formula is C19H19ClFNO2. The Balaban J connectivity index is 2.09. The molecule has 24 heavy (non-hydrogen) atoms. The summed E-state index contributed by atoms with van der Waals surface area (Å²) in [5, 5.41) is 10.2. The van der Waals surface area contributed by atoms with Gasteiger partial charge < -0.3 is 5.11 Å². The van der Waals surface area contributed by atoms with Crippen LogP contribution in [0.2, 0.25) is 5.02 Å². The Morgan fingerprint density at radius 3 is 2.54 bits per heavy atom. The van der Waals surface area contributed by atoms with Gasteiger partial charge in [0.25, 0.3) is 0 Å². The van der Waals surface area contributed by atoms with E-state index < -0.39 is 12.0 Å². The molecule has 0 amide bonds. The van der Waals surface area contributed by atoms with E-state index in [0.29, 0.717) is 18.0 Å². The summed E-state index contributed by atoms with van der Waals surface area (Å²) in [6.45, 7) is 0.671. The van der Waals surface area contributed by atoms with E-state index in [1.165, 1.54) is 12.1 Å². The monoisotopic (exact) mass is 347 g/mol. The molecule has 0 aliphatic carbocycles. The first kappa shape index (κ1) is 16.9. The summed E-state index contributed by atoms with van der Waals surface area (Å²) >= 11 is 6.40. The van der Waals surface area contributed by atoms with Crippen LogP contribution in [0.4, 0.5) is 4.39 Å². The van der Waals surface area contributed by atoms with Crippen LogP contribution in [0, 0.1) is 5.82 Å². The minimum absolute atomic E-state index is 0.305. The summed E-state index contributed by atoms with van der Waals surface area (Å²) in [4.78, 5) is 13.7. The second-order valence-corrected chi connectivity index (χ2v) is 6.47. The Morgan fingerprint density at radius 1 is 1.17 bits per heavy atom. The first-order valence-electron chi connectivity index (χ1n) is 8.06. The summed E-state index contributed by atoms with van der Waals surface area (Å²) in [6, 6.07) is 12.8. The maximum Gasteiger partial charge on any atom is 0.320 e. The third-order valence-corrected chi connectivity index (χ3v) is 4.89. The number of hydrogen-bond acceptors (Lipinski definition) is 2. The number of halogens is 2. The predicted molar refractivity (Wildman–Crippen MR) is 91.7 cm³/mol. The summed E-state index contributed by atoms with van der Waals surface area (Å²) in [5.41, 5.74) is 1.69. The molecule has 3 rings (SSSR count). The van der Waals surface area contributed by atoms with Crippen molar-refractivity contribution in [2.45, 2.75) is 31.3 Å². The van der Waals surface area contributed by atoms with Crippen LogP contribution in [0.25, 0.3) is 0 Å². The Kier molecular flexibility index (Phi) is 5.17. The van der Waals surface area contributed by atoms with E-state index in [9.17, 15) is 14.3 Å². The molecule has 1 N–H and O–H groups in total. The van der Waals surface area contributed by atoms with Crippen LogP contribution in [0.5, 0.6) is 0 Å². The molecule has 2 aromatic rings. The number of likely N-dealkylation sites (tertiary alicyclic amines) is 1. The SMILES string of the molecule is O=C(O)C1CCCCN1C(c1ccc(F)cc1)c1ccccc1Cl. The maximum atomic E-state index is 13.3. The first-order valence-corrected chi connectivity index (χ1v) is 8.44. The molecule has 2 atom stereocenters. The number of piperidine rings is 1. The number of benzene rings is 2. The van der Waals surface area contributed by atoms with Gasteiger partial charge in [0, 0.05) is 5.02 Å². The van der Waals surface area contributed by atoms with Crippen LogP contribution in [-0.2, 0) is 4.79 Å². The van der Waals surface area contributed by atoms with Crippen molar-refractivity contribution >= 4 is 17.6 Å². The van der Waals surface area contributed by atoms with Gasteiger partial charge in [-0.2, -0.15) is 0 Å². The smallest absolute Gasteiger partial charge is 0.320 e. The molecule has 3 nitrogen and oxygen atoms in total. The van der Waals surface area contributed by atoms with E-state index in [-0.39, 0.29) is 11.9 Å². The van der Waals surface area contributed by atoms with Crippen LogP contribution in [0.3, 0.4) is 0 Å². The molecule has 2 aromatic carbocycles. The van der Waals surface area contributed by atoms with Crippen molar-refractivity contribution in [3.05, 3.63) is 70.5 Å². The fourth-order valence-corrected chi connectivity index (χ4v) is 3.66. The van der Waals surface area contributed by atoms with Gasteiger partial charge in [0.2, 0.25) is 0 Å². The Labute approximate surface area is 145 Å². The quantitative estimate of drug-likeness (QED) is 0.884. The lowest BCUT2D eigenvalue weighted by Crippen LogP contribution is -2.46. The van der Waals surface area contributed by atoms with Gasteiger partial charge in [-0.1, -0.05) is 48.4 Å². The van der Waals surface area contributed by atoms with E-state index >= 15 is 0 Å². The molecule has 1 aliphatic rings. The normalized spacial score (nSPS) is 19.8. The Bertz CT molecular complexity index is 720. The van der Waals surface area contributed by atoms with Crippen molar-refractivity contribution in [1.29, 1.82) is 0 Å². The summed E-state index contributed by atoms with van der Waals surface area (Å²) in [6.07, 6.45) is 2.44. The minimum Gasteiger partial charge on any atom is -0.480 e. The number of aliphatic carboxylic acids is 1. The molecule has 1 fully saturated rings. The van der Waals surface area contributed by atoms with Crippen LogP contribution in [0.1, 0.15) is 36.4 Å². The highest BCUT2D eigenvalue weighted by atomic mass is 35.5. The molecule has 0 bridgehead atoms. The molecule has 0 radical (unpaired) electrons. The lowest BCUT2D eigenvalue weighted by Gasteiger charge is -2.40. The molecule has 1 heterocycles. The highest BCUT2D eigenvalue weighted by Crippen LogP contribution is 2.37. The Morgan fingerprint density at radius 2 is 1.88 bits per heavy atom. The van der Waals surface area contributed by atoms with Gasteiger partial charge in [0.15, 0.2) is 0 Å². The second kappa shape index (κ2) is 7.32. The lowest BCUT2D eigenvalue weighted by atomic mass is 9.91. The summed E-state index contributed by atoms with van der Waals surface area (Å²) in [7, 11) is 0. The van der Waals surface area contributed by atoms with E-state index in [2.05, 4.69) is 0 Å². The van der Waals surface area contributed by atoms with Gasteiger partial charge >= 0.3 is 5.97 Å². The zero-order valence-corrected chi connectivity index (χ0v) is 13.9. The van der Waals surface area contributed by atoms with Gasteiger partial charge in [-0.3, -0.25) is 9.69 Å². The molecular weight excluding hydrogens is 329 g/mol. The molecule has 0 aromatic heterocycles. The highest BCUT2D eigenvalue weighted by Gasteiger charge is 2.35. The molecule has 0 saturated carbocycles. The van der Waals surface area contributed by atoms with Gasteiger partial charge in [0.1, 0.15) is 11.9 Å². The molecule has 5 heteroatoms. The van der Waals surface area contributed by atoms with E-state index in [1.54, 1.807) is 18.2 Å². The number of carbonyl (C=O) groups is 1. The number of nitrogens with zero attached hydrogens (tertiary/aromatic N) is 1. The number of hydrogen-bond donors (Lipinski definition) is 1. The fraction of sp³-hybridized carbons (Fsp3) is 0.316. The van der Waals surface area contributed by atoms with E-state index in [4.69, 9.17) is 11.6 Å². The van der Waals surface area contributed by atoms with Crippen molar-refractivity contribution in [2.75, 3.05) is 6.54 Å². The van der Waals surface area contributed by atoms with Crippen molar-refractivity contribution in [1.82, 2.24) is 4.90 Å². The zero-order chi connectivity index (χ0) is 17.1. The number of rotatable bonds is 4. The van der Waals surface area contributed by atoms with Gasteiger partial charge in [-0.25, -0.2) is 4.39 Å². The molecule has 0 spiro atoms. The zero-order valence-electron chi connectivity index (χ0n) is 13.2. The third kappa shape index (κ3) is 3.45. The van der Waals surface area contributed by atoms with Crippen LogP contribution >= 0.6 is 11.6 Å². The first-order chi connectivity index (χ1) is 11.6. The van der Waals surface area contributed by atoms with Crippen LogP contribution < -0.4 is 0 Å². The lowest BCUT2D eigenvalue weighted by molar-refractivity contribution is -0.145. The summed E-state index contributed by atoms with van der Waals surface area (Å²) < 4.78 is 13.3. The number of carboxylic acids is 1. The van der Waals surface area contributed by atoms with E-state index in [1.807, 2.05) is 23.1 Å². The van der Waals surface area contributed by atoms with Crippen LogP contribution in [0.15, 0.2) is 48.5 Å². The third-order valence-electron chi connectivity index (χ3n) is 4.55. The molecule has 2 unspecified atom stereocenters. The largest absolute Gasteiger partial charge is 0.480 e. The average molecular weight is 348 g/mol. The fourth-order valence-electron chi connectivity index (χ4n) is 3.42. The molecule has 1 saturated heterocycles. The standard InChI is InChI=1S/C19H19ClFNO2/c20-16-6-2-1-5-15(16)18(13-8-10-14(21)11-9-13)22-12-4-3-7-17(22)19(23)24/h1-2,5-6,8-11,17-18H,3-4,7,12H2,(H,23,24). The average Bonchev–Trinajstić information content (AvgIpc) is 2.59. The van der Waals surface area contributed by atoms with Gasteiger partial charge in [-0.15, -0.1) is 0 Å². The maximum absolute atomic E-state index is 13.3. The highest BCUT2D eigenvalue weighted by molar-refractivity contribution is 6.31. The van der Waals surface area contributed by atoms with Gasteiger partial charge in [-0.05, 0) is 48.7 Å². The predicted octanol–water partition coefficient (Wildman–Crippen LogP) is 4.51. The van der Waals surface area contributed by atoms with Crippen LogP contribution in [-0.4, -0.2) is 28.6 Å². The van der Waals surface area contributed by atoms with E-state index in [0.717, 1.165) is 24.0 Å². The van der Waals surface area contributed by atoms with Gasteiger partial charge in [0.05, 0.1) is 6.04 Å². The second-order valence-electron chi connectivity index (χ2n) is 6.06. The summed E-state index contributed by atoms with van der Waals surface area (Å²) in [5.74, 6) is -1.14. The molecule has 1 aliphatic heterocycles. The van der Waals surface area contributed by atoms with Crippen molar-refractivity contribution in [3.63, 3.8) is 0 Å². The minimum atomic E-state index is -0.825. The van der Waals surface area contributed by atoms with Crippen molar-refractivity contribution in [2.24, 2.45) is 0 Å². The number of carboxylic acid groups (broad SMARTS) is 1.